The second-order valence-corrected chi connectivity index (χ2v) is 11.8. The second-order valence-electron chi connectivity index (χ2n) is 11.8. The van der Waals surface area contributed by atoms with E-state index in [0.29, 0.717) is 17.0 Å². The Bertz CT molecular complexity index is 539. The van der Waals surface area contributed by atoms with Gasteiger partial charge < -0.3 is 4.90 Å². The zero-order chi connectivity index (χ0) is 20.8. The molecule has 0 radical (unpaired) electrons. The van der Waals surface area contributed by atoms with Gasteiger partial charge in [0.1, 0.15) is 0 Å². The summed E-state index contributed by atoms with van der Waals surface area (Å²) in [4.78, 5) is 11.1. The predicted octanol–water partition coefficient (Wildman–Crippen LogP) is 3.91. The van der Waals surface area contributed by atoms with Crippen molar-refractivity contribution in [1.82, 2.24) is 19.6 Å². The van der Waals surface area contributed by atoms with E-state index in [9.17, 15) is 0 Å². The lowest BCUT2D eigenvalue weighted by atomic mass is 9.71. The maximum absolute atomic E-state index is 2.82. The first-order valence-corrected chi connectivity index (χ1v) is 12.7. The molecule has 4 rings (SSSR count). The third kappa shape index (κ3) is 4.56. The van der Waals surface area contributed by atoms with Crippen molar-refractivity contribution in [3.63, 3.8) is 0 Å². The van der Waals surface area contributed by atoms with Gasteiger partial charge in [-0.3, -0.25) is 14.7 Å². The number of piperazine rings is 1. The molecule has 2 unspecified atom stereocenters. The molecule has 3 saturated heterocycles. The summed E-state index contributed by atoms with van der Waals surface area (Å²) >= 11 is 0. The molecule has 0 aromatic carbocycles. The van der Waals surface area contributed by atoms with Crippen LogP contribution >= 0.6 is 0 Å². The van der Waals surface area contributed by atoms with Crippen LogP contribution in [0, 0.1) is 5.41 Å². The van der Waals surface area contributed by atoms with Gasteiger partial charge in [-0.15, -0.1) is 0 Å². The van der Waals surface area contributed by atoms with Crippen LogP contribution in [0.5, 0.6) is 0 Å². The quantitative estimate of drug-likeness (QED) is 0.638. The van der Waals surface area contributed by atoms with Crippen molar-refractivity contribution in [2.24, 2.45) is 5.41 Å². The summed E-state index contributed by atoms with van der Waals surface area (Å²) in [5, 5.41) is 0. The van der Waals surface area contributed by atoms with Crippen molar-refractivity contribution in [3.05, 3.63) is 0 Å². The van der Waals surface area contributed by atoms with Gasteiger partial charge in [0.25, 0.3) is 0 Å². The number of hydrogen-bond donors (Lipinski definition) is 0. The molecular weight excluding hydrogens is 356 g/mol. The van der Waals surface area contributed by atoms with E-state index >= 15 is 0 Å². The van der Waals surface area contributed by atoms with E-state index in [4.69, 9.17) is 0 Å². The van der Waals surface area contributed by atoms with E-state index in [1.165, 1.54) is 84.3 Å². The Hall–Kier alpha value is -0.160. The molecular formula is C25H48N4. The van der Waals surface area contributed by atoms with Crippen LogP contribution in [0.15, 0.2) is 0 Å². The highest BCUT2D eigenvalue weighted by Crippen LogP contribution is 2.46. The normalized spacial score (nSPS) is 30.2. The number of rotatable bonds is 7. The Labute approximate surface area is 181 Å². The minimum absolute atomic E-state index is 0.542. The highest BCUT2D eigenvalue weighted by atomic mass is 15.4. The smallest absolute Gasteiger partial charge is 0.0341 e. The first-order chi connectivity index (χ1) is 13.7. The van der Waals surface area contributed by atoms with Gasteiger partial charge in [-0.05, 0) is 98.6 Å². The molecule has 0 aromatic rings. The van der Waals surface area contributed by atoms with E-state index in [1.54, 1.807) is 0 Å². The Kier molecular flexibility index (Phi) is 6.39. The maximum atomic E-state index is 2.82. The molecule has 0 N–H and O–H groups in total. The monoisotopic (exact) mass is 404 g/mol. The summed E-state index contributed by atoms with van der Waals surface area (Å²) in [5.41, 5.74) is 1.21. The zero-order valence-corrected chi connectivity index (χ0v) is 20.3. The summed E-state index contributed by atoms with van der Waals surface area (Å²) in [6.07, 6.45) is 8.43. The molecule has 0 aromatic heterocycles. The fourth-order valence-electron chi connectivity index (χ4n) is 6.58. The molecule has 2 atom stereocenters. The summed E-state index contributed by atoms with van der Waals surface area (Å²) in [6.45, 7) is 23.7. The first kappa shape index (κ1) is 22.0. The van der Waals surface area contributed by atoms with E-state index in [-0.39, 0.29) is 0 Å². The topological polar surface area (TPSA) is 13.0 Å². The van der Waals surface area contributed by atoms with Gasteiger partial charge in [-0.2, -0.15) is 0 Å². The van der Waals surface area contributed by atoms with Gasteiger partial charge in [0.2, 0.25) is 0 Å². The average molecular weight is 405 g/mol. The van der Waals surface area contributed by atoms with Crippen molar-refractivity contribution in [3.8, 4) is 0 Å². The van der Waals surface area contributed by atoms with Gasteiger partial charge in [-0.1, -0.05) is 0 Å². The van der Waals surface area contributed by atoms with Crippen molar-refractivity contribution in [1.29, 1.82) is 0 Å². The molecule has 0 amide bonds. The molecule has 4 heteroatoms. The first-order valence-electron chi connectivity index (χ1n) is 12.7. The fraction of sp³-hybridized carbons (Fsp3) is 1.00. The van der Waals surface area contributed by atoms with Crippen LogP contribution in [0.4, 0.5) is 0 Å². The number of piperidine rings is 1. The molecule has 3 aliphatic heterocycles. The summed E-state index contributed by atoms with van der Waals surface area (Å²) < 4.78 is 0. The van der Waals surface area contributed by atoms with Crippen LogP contribution in [0.3, 0.4) is 0 Å². The summed E-state index contributed by atoms with van der Waals surface area (Å²) in [6, 6.07) is 2.94. The van der Waals surface area contributed by atoms with E-state index in [0.717, 1.165) is 18.1 Å². The van der Waals surface area contributed by atoms with Gasteiger partial charge in [-0.25, -0.2) is 0 Å². The third-order valence-electron chi connectivity index (χ3n) is 9.10. The highest BCUT2D eigenvalue weighted by Gasteiger charge is 2.52. The zero-order valence-electron chi connectivity index (χ0n) is 20.3. The Morgan fingerprint density at radius 1 is 0.586 bits per heavy atom. The van der Waals surface area contributed by atoms with Crippen molar-refractivity contribution >= 4 is 0 Å². The second kappa shape index (κ2) is 8.41. The largest absolute Gasteiger partial charge is 0.301 e. The van der Waals surface area contributed by atoms with E-state index in [2.05, 4.69) is 61.1 Å². The van der Waals surface area contributed by atoms with Crippen molar-refractivity contribution in [2.75, 3.05) is 45.8 Å². The molecule has 2 spiro atoms. The van der Waals surface area contributed by atoms with Crippen LogP contribution in [-0.4, -0.2) is 95.1 Å². The maximum Gasteiger partial charge on any atom is 0.0341 e. The Morgan fingerprint density at radius 2 is 1.17 bits per heavy atom. The SMILES string of the molecule is CC(C)N1CC2(CCN(C(C)CCC(C)N3CCN(C(C)C)C4(CC4)C3)CC2)C1. The van der Waals surface area contributed by atoms with E-state index in [1.807, 2.05) is 0 Å². The van der Waals surface area contributed by atoms with Crippen LogP contribution in [0.2, 0.25) is 0 Å². The molecule has 29 heavy (non-hydrogen) atoms. The minimum Gasteiger partial charge on any atom is -0.301 e. The van der Waals surface area contributed by atoms with Gasteiger partial charge in [0, 0.05) is 62.4 Å². The third-order valence-corrected chi connectivity index (χ3v) is 9.10. The fourth-order valence-corrected chi connectivity index (χ4v) is 6.58. The highest BCUT2D eigenvalue weighted by molar-refractivity contribution is 5.09. The van der Waals surface area contributed by atoms with Crippen LogP contribution < -0.4 is 0 Å². The molecule has 1 aliphatic carbocycles. The Morgan fingerprint density at radius 3 is 1.69 bits per heavy atom. The lowest BCUT2D eigenvalue weighted by molar-refractivity contribution is -0.0681. The molecule has 4 aliphatic rings. The van der Waals surface area contributed by atoms with Crippen LogP contribution in [0.25, 0.3) is 0 Å². The average Bonchev–Trinajstić information content (AvgIpc) is 3.42. The van der Waals surface area contributed by atoms with E-state index < -0.39 is 0 Å². The number of likely N-dealkylation sites (tertiary alicyclic amines) is 2. The molecule has 168 valence electrons. The molecule has 4 nitrogen and oxygen atoms in total. The van der Waals surface area contributed by atoms with Gasteiger partial charge >= 0.3 is 0 Å². The lowest BCUT2D eigenvalue weighted by Gasteiger charge is -2.56. The summed E-state index contributed by atoms with van der Waals surface area (Å²) in [5.74, 6) is 0. The number of nitrogens with zero attached hydrogens (tertiary/aromatic N) is 4. The van der Waals surface area contributed by atoms with Crippen LogP contribution in [0.1, 0.15) is 80.1 Å². The molecule has 4 fully saturated rings. The van der Waals surface area contributed by atoms with Crippen molar-refractivity contribution < 1.29 is 0 Å². The van der Waals surface area contributed by atoms with Gasteiger partial charge in [0.05, 0.1) is 0 Å². The Balaban J connectivity index is 1.18. The predicted molar refractivity (Wildman–Crippen MR) is 123 cm³/mol. The number of hydrogen-bond acceptors (Lipinski definition) is 4. The molecule has 3 heterocycles. The molecule has 0 bridgehead atoms. The van der Waals surface area contributed by atoms with Crippen molar-refractivity contribution in [2.45, 2.75) is 110 Å². The minimum atomic E-state index is 0.542. The molecule has 1 saturated carbocycles. The van der Waals surface area contributed by atoms with Crippen LogP contribution in [-0.2, 0) is 0 Å². The van der Waals surface area contributed by atoms with Gasteiger partial charge in [0.15, 0.2) is 0 Å². The summed E-state index contributed by atoms with van der Waals surface area (Å²) in [7, 11) is 0. The standard InChI is InChI=1S/C25H48N4/c1-20(2)28-17-24(18-28)11-13-26(14-12-24)22(5)7-8-23(6)27-15-16-29(21(3)4)25(19-27)9-10-25/h20-23H,7-19H2,1-6H3. The lowest BCUT2D eigenvalue weighted by Crippen LogP contribution is -2.62.